The van der Waals surface area contributed by atoms with Crippen LogP contribution in [0.1, 0.15) is 54.9 Å². The maximum atomic E-state index is 15.9. The van der Waals surface area contributed by atoms with Gasteiger partial charge in [-0.3, -0.25) is 10.00 Å². The number of hydrogen-bond donors (Lipinski definition) is 1. The Labute approximate surface area is 281 Å². The van der Waals surface area contributed by atoms with Gasteiger partial charge in [0.25, 0.3) is 5.79 Å². The molecule has 2 aromatic heterocycles. The number of aromatic amines is 1. The van der Waals surface area contributed by atoms with Gasteiger partial charge in [-0.15, -0.1) is 0 Å². The first-order chi connectivity index (χ1) is 23.5. The Bertz CT molecular complexity index is 2060. The van der Waals surface area contributed by atoms with Crippen molar-refractivity contribution in [3.05, 3.63) is 88.0 Å². The number of piperidine rings is 1. The maximum absolute atomic E-state index is 15.9. The van der Waals surface area contributed by atoms with Gasteiger partial charge in [-0.2, -0.15) is 18.3 Å². The van der Waals surface area contributed by atoms with Gasteiger partial charge in [0.15, 0.2) is 23.1 Å². The molecule has 0 radical (unpaired) electrons. The van der Waals surface area contributed by atoms with E-state index in [1.807, 2.05) is 27.9 Å². The SMILES string of the molecule is CC1(c2ccc(Cl)cc2F)Oc2cccc(C3CCN(Cc4nc5c(F)c(-c6n[nH]c(C(F)(F)F)n6)ccc5n4CC4CCO4)CC3)c2O1. The second kappa shape index (κ2) is 12.0. The summed E-state index contributed by atoms with van der Waals surface area (Å²) in [6, 6.07) is 13.1. The molecule has 2 unspecified atom stereocenters. The highest BCUT2D eigenvalue weighted by atomic mass is 35.5. The van der Waals surface area contributed by atoms with E-state index in [2.05, 4.69) is 20.0 Å². The number of H-pyrrole nitrogens is 1. The number of aromatic nitrogens is 5. The summed E-state index contributed by atoms with van der Waals surface area (Å²) in [6.07, 6.45) is -2.33. The maximum Gasteiger partial charge on any atom is 0.451 e. The molecule has 2 fully saturated rings. The normalized spacial score (nSPS) is 21.4. The second-order valence-corrected chi connectivity index (χ2v) is 13.2. The molecule has 0 spiro atoms. The molecule has 0 aliphatic carbocycles. The Morgan fingerprint density at radius 3 is 2.51 bits per heavy atom. The Balaban J connectivity index is 1.02. The molecule has 3 aromatic carbocycles. The number of likely N-dealkylation sites (tertiary alicyclic amines) is 1. The van der Waals surface area contributed by atoms with Crippen molar-refractivity contribution in [3.63, 3.8) is 0 Å². The first-order valence-electron chi connectivity index (χ1n) is 15.9. The van der Waals surface area contributed by atoms with Crippen LogP contribution in [-0.4, -0.2) is 55.4 Å². The highest BCUT2D eigenvalue weighted by Crippen LogP contribution is 2.50. The quantitative estimate of drug-likeness (QED) is 0.175. The summed E-state index contributed by atoms with van der Waals surface area (Å²) in [5.41, 5.74) is 1.62. The summed E-state index contributed by atoms with van der Waals surface area (Å²) in [5.74, 6) is -2.43. The van der Waals surface area contributed by atoms with Crippen LogP contribution in [0.2, 0.25) is 5.02 Å². The first kappa shape index (κ1) is 32.0. The third kappa shape index (κ3) is 5.79. The van der Waals surface area contributed by atoms with Gasteiger partial charge in [0.2, 0.25) is 5.82 Å². The number of alkyl halides is 3. The highest BCUT2D eigenvalue weighted by molar-refractivity contribution is 6.30. The van der Waals surface area contributed by atoms with E-state index in [-0.39, 0.29) is 33.7 Å². The zero-order valence-corrected chi connectivity index (χ0v) is 26.9. The summed E-state index contributed by atoms with van der Waals surface area (Å²) in [7, 11) is 0. The zero-order chi connectivity index (χ0) is 34.1. The molecule has 1 N–H and O–H groups in total. The van der Waals surface area contributed by atoms with E-state index in [4.69, 9.17) is 25.8 Å². The summed E-state index contributed by atoms with van der Waals surface area (Å²) in [4.78, 5) is 10.4. The molecule has 256 valence electrons. The van der Waals surface area contributed by atoms with Gasteiger partial charge in [-0.1, -0.05) is 23.7 Å². The number of hydrogen-bond acceptors (Lipinski definition) is 7. The lowest BCUT2D eigenvalue weighted by Crippen LogP contribution is -2.35. The number of ether oxygens (including phenoxy) is 3. The molecular formula is C34H30ClF5N6O3. The standard InChI is InChI=1S/C34H30ClF5N6O3/c1-33(23-7-5-19(35)15-24(23)36)48-26-4-2-3-21(30(26)49-33)18-9-12-45(13-10-18)17-27-41-29-25(46(27)16-20-11-14-47-20)8-6-22(28(29)37)31-42-32(44-43-31)34(38,39)40/h2-8,15,18,20H,9-14,16-17H2,1H3,(H,42,43,44). The third-order valence-electron chi connectivity index (χ3n) is 9.54. The average molecular weight is 701 g/mol. The van der Waals surface area contributed by atoms with Crippen LogP contribution in [0.5, 0.6) is 11.5 Å². The van der Waals surface area contributed by atoms with E-state index in [1.165, 1.54) is 12.1 Å². The van der Waals surface area contributed by atoms with E-state index in [0.29, 0.717) is 55.6 Å². The van der Waals surface area contributed by atoms with Crippen molar-refractivity contribution in [2.75, 3.05) is 19.7 Å². The Morgan fingerprint density at radius 2 is 1.82 bits per heavy atom. The van der Waals surface area contributed by atoms with E-state index in [9.17, 15) is 17.6 Å². The minimum atomic E-state index is -4.74. The molecule has 0 amide bonds. The number of benzene rings is 3. The Hall–Kier alpha value is -4.27. The van der Waals surface area contributed by atoms with E-state index < -0.39 is 35.2 Å². The van der Waals surface area contributed by atoms with Crippen LogP contribution in [-0.2, 0) is 29.8 Å². The monoisotopic (exact) mass is 700 g/mol. The van der Waals surface area contributed by atoms with Crippen molar-refractivity contribution in [2.45, 2.75) is 63.3 Å². The molecule has 3 aliphatic heterocycles. The van der Waals surface area contributed by atoms with Gasteiger partial charge in [0.1, 0.15) is 17.2 Å². The third-order valence-corrected chi connectivity index (χ3v) is 9.77. The number of nitrogens with one attached hydrogen (secondary N) is 1. The average Bonchev–Trinajstić information content (AvgIpc) is 3.75. The number of nitrogens with zero attached hydrogens (tertiary/aromatic N) is 5. The predicted octanol–water partition coefficient (Wildman–Crippen LogP) is 7.58. The summed E-state index contributed by atoms with van der Waals surface area (Å²) in [6.45, 7) is 4.67. The minimum absolute atomic E-state index is 0.0391. The Kier molecular flexibility index (Phi) is 7.80. The topological polar surface area (TPSA) is 90.3 Å². The van der Waals surface area contributed by atoms with Crippen LogP contribution in [0.3, 0.4) is 0 Å². The van der Waals surface area contributed by atoms with Crippen molar-refractivity contribution >= 4 is 22.6 Å². The molecule has 3 aliphatic rings. The fourth-order valence-electron chi connectivity index (χ4n) is 6.88. The highest BCUT2D eigenvalue weighted by Gasteiger charge is 2.43. The Morgan fingerprint density at radius 1 is 1.02 bits per heavy atom. The van der Waals surface area contributed by atoms with Gasteiger partial charge in [-0.05, 0) is 74.7 Å². The lowest BCUT2D eigenvalue weighted by Gasteiger charge is -2.33. The number of para-hydroxylation sites is 1. The molecule has 9 nitrogen and oxygen atoms in total. The van der Waals surface area contributed by atoms with E-state index in [1.54, 1.807) is 25.1 Å². The molecule has 15 heteroatoms. The second-order valence-electron chi connectivity index (χ2n) is 12.7. The summed E-state index contributed by atoms with van der Waals surface area (Å²) in [5, 5.41) is 5.72. The molecule has 5 heterocycles. The molecule has 49 heavy (non-hydrogen) atoms. The summed E-state index contributed by atoms with van der Waals surface area (Å²) >= 11 is 5.97. The van der Waals surface area contributed by atoms with Crippen molar-refractivity contribution in [1.29, 1.82) is 0 Å². The fraction of sp³-hybridized carbons (Fsp3) is 0.382. The molecule has 2 saturated heterocycles. The van der Waals surface area contributed by atoms with Gasteiger partial charge in [0.05, 0.1) is 35.8 Å². The van der Waals surface area contributed by atoms with Gasteiger partial charge in [0, 0.05) is 24.1 Å². The van der Waals surface area contributed by atoms with Crippen LogP contribution >= 0.6 is 11.6 Å². The van der Waals surface area contributed by atoms with Crippen LogP contribution < -0.4 is 9.47 Å². The van der Waals surface area contributed by atoms with Gasteiger partial charge in [-0.25, -0.2) is 18.7 Å². The smallest absolute Gasteiger partial charge is 0.444 e. The number of fused-ring (bicyclic) bond motifs is 2. The van der Waals surface area contributed by atoms with Crippen molar-refractivity contribution in [1.82, 2.24) is 29.6 Å². The molecule has 8 rings (SSSR count). The molecule has 2 atom stereocenters. The van der Waals surface area contributed by atoms with Crippen LogP contribution in [0.4, 0.5) is 22.0 Å². The lowest BCUT2D eigenvalue weighted by molar-refractivity contribution is -0.144. The number of halogens is 6. The number of imidazole rings is 1. The summed E-state index contributed by atoms with van der Waals surface area (Å²) < 4.78 is 90.2. The molecular weight excluding hydrogens is 671 g/mol. The van der Waals surface area contributed by atoms with Gasteiger partial charge >= 0.3 is 6.18 Å². The molecule has 5 aromatic rings. The van der Waals surface area contributed by atoms with Crippen LogP contribution in [0.15, 0.2) is 48.5 Å². The van der Waals surface area contributed by atoms with Crippen molar-refractivity contribution in [3.8, 4) is 22.9 Å². The fourth-order valence-corrected chi connectivity index (χ4v) is 7.04. The van der Waals surface area contributed by atoms with E-state index in [0.717, 1.165) is 24.8 Å². The van der Waals surface area contributed by atoms with E-state index >= 15 is 4.39 Å². The number of rotatable bonds is 7. The van der Waals surface area contributed by atoms with Crippen LogP contribution in [0, 0.1) is 11.6 Å². The largest absolute Gasteiger partial charge is 0.451 e. The van der Waals surface area contributed by atoms with Gasteiger partial charge < -0.3 is 18.8 Å². The first-order valence-corrected chi connectivity index (χ1v) is 16.3. The lowest BCUT2D eigenvalue weighted by atomic mass is 9.88. The van der Waals surface area contributed by atoms with Crippen LogP contribution in [0.25, 0.3) is 22.4 Å². The predicted molar refractivity (Wildman–Crippen MR) is 168 cm³/mol. The molecule has 0 saturated carbocycles. The zero-order valence-electron chi connectivity index (χ0n) is 26.2. The minimum Gasteiger partial charge on any atom is -0.444 e. The van der Waals surface area contributed by atoms with Crippen molar-refractivity contribution < 1.29 is 36.2 Å². The van der Waals surface area contributed by atoms with Crippen molar-refractivity contribution in [2.24, 2.45) is 0 Å². The molecule has 0 bridgehead atoms.